The maximum atomic E-state index is 11.8. The van der Waals surface area contributed by atoms with Gasteiger partial charge in [-0.15, -0.1) is 0 Å². The highest BCUT2D eigenvalue weighted by atomic mass is 16.6. The lowest BCUT2D eigenvalue weighted by Gasteiger charge is -2.33. The normalized spacial score (nSPS) is 17.2. The van der Waals surface area contributed by atoms with Crippen molar-refractivity contribution < 1.29 is 9.53 Å². The molecule has 1 saturated heterocycles. The summed E-state index contributed by atoms with van der Waals surface area (Å²) in [4.78, 5) is 16.3. The molecule has 1 heterocycles. The first-order chi connectivity index (χ1) is 8.42. The molecule has 1 amide bonds. The summed E-state index contributed by atoms with van der Waals surface area (Å²) in [5.74, 6) is 0.550. The Hall–Kier alpha value is -1.42. The maximum Gasteiger partial charge on any atom is 0.410 e. The zero-order valence-electron chi connectivity index (χ0n) is 11.4. The second-order valence-electron chi connectivity index (χ2n) is 5.65. The van der Waals surface area contributed by atoms with Crippen molar-refractivity contribution in [2.45, 2.75) is 45.6 Å². The quantitative estimate of drug-likeness (QED) is 0.440. The molecule has 18 heavy (non-hydrogen) atoms. The highest BCUT2D eigenvalue weighted by Gasteiger charge is 2.26. The Morgan fingerprint density at radius 3 is 2.56 bits per heavy atom. The zero-order chi connectivity index (χ0) is 13.6. The summed E-state index contributed by atoms with van der Waals surface area (Å²) in [5, 5.41) is 3.54. The van der Waals surface area contributed by atoms with E-state index < -0.39 is 5.60 Å². The third kappa shape index (κ3) is 5.27. The van der Waals surface area contributed by atoms with E-state index in [2.05, 4.69) is 10.0 Å². The van der Waals surface area contributed by atoms with E-state index in [1.807, 2.05) is 20.8 Å². The van der Waals surface area contributed by atoms with Crippen LogP contribution in [0.25, 0.3) is 10.4 Å². The summed E-state index contributed by atoms with van der Waals surface area (Å²) >= 11 is 0. The van der Waals surface area contributed by atoms with Crippen molar-refractivity contribution in [3.05, 3.63) is 10.4 Å². The minimum Gasteiger partial charge on any atom is -0.444 e. The Bertz CT molecular complexity index is 323. The molecule has 0 unspecified atom stereocenters. The number of carbonyl (C=O) groups is 1. The van der Waals surface area contributed by atoms with Crippen molar-refractivity contribution in [1.29, 1.82) is 0 Å². The Kier molecular flexibility index (Phi) is 5.28. The molecule has 0 aromatic carbocycles. The van der Waals surface area contributed by atoms with Gasteiger partial charge in [-0.2, -0.15) is 0 Å². The van der Waals surface area contributed by atoms with Crippen molar-refractivity contribution in [3.8, 4) is 0 Å². The largest absolute Gasteiger partial charge is 0.444 e. The molecule has 0 aromatic rings. The number of likely N-dealkylation sites (tertiary alicyclic amines) is 1. The number of hydrogen-bond donors (Lipinski definition) is 0. The third-order valence-corrected chi connectivity index (χ3v) is 2.97. The number of azide groups is 1. The maximum absolute atomic E-state index is 11.8. The van der Waals surface area contributed by atoms with Gasteiger partial charge in [0, 0.05) is 24.5 Å². The number of rotatable bonds is 3. The molecule has 102 valence electrons. The molecule has 0 spiro atoms. The van der Waals surface area contributed by atoms with Gasteiger partial charge >= 0.3 is 6.09 Å². The lowest BCUT2D eigenvalue weighted by atomic mass is 9.94. The average molecular weight is 254 g/mol. The van der Waals surface area contributed by atoms with Gasteiger partial charge < -0.3 is 9.64 Å². The molecule has 0 saturated carbocycles. The molecule has 0 radical (unpaired) electrons. The van der Waals surface area contributed by atoms with Crippen LogP contribution in [0, 0.1) is 5.92 Å². The highest BCUT2D eigenvalue weighted by molar-refractivity contribution is 5.68. The van der Waals surface area contributed by atoms with E-state index in [1.165, 1.54) is 0 Å². The number of piperidine rings is 1. The molecule has 1 rings (SSSR count). The molecular weight excluding hydrogens is 232 g/mol. The Labute approximate surface area is 108 Å². The van der Waals surface area contributed by atoms with Gasteiger partial charge in [0.25, 0.3) is 0 Å². The predicted molar refractivity (Wildman–Crippen MR) is 69.2 cm³/mol. The van der Waals surface area contributed by atoms with E-state index in [0.717, 1.165) is 32.4 Å². The fourth-order valence-electron chi connectivity index (χ4n) is 2.02. The van der Waals surface area contributed by atoms with Gasteiger partial charge in [0.2, 0.25) is 0 Å². The SMILES string of the molecule is CC(C)(C)OC(=O)N1CCC(CCN=[N+]=[N-])CC1. The minimum absolute atomic E-state index is 0.226. The van der Waals surface area contributed by atoms with Gasteiger partial charge in [0.05, 0.1) is 0 Å². The molecule has 1 aliphatic heterocycles. The zero-order valence-corrected chi connectivity index (χ0v) is 11.4. The van der Waals surface area contributed by atoms with Crippen LogP contribution < -0.4 is 0 Å². The van der Waals surface area contributed by atoms with Crippen LogP contribution in [0.3, 0.4) is 0 Å². The molecule has 1 aliphatic rings. The van der Waals surface area contributed by atoms with Crippen molar-refractivity contribution in [1.82, 2.24) is 4.90 Å². The topological polar surface area (TPSA) is 78.3 Å². The van der Waals surface area contributed by atoms with Crippen LogP contribution in [-0.2, 0) is 4.74 Å². The van der Waals surface area contributed by atoms with Crippen LogP contribution in [0.5, 0.6) is 0 Å². The van der Waals surface area contributed by atoms with E-state index in [0.29, 0.717) is 12.5 Å². The second-order valence-corrected chi connectivity index (χ2v) is 5.65. The second kappa shape index (κ2) is 6.50. The van der Waals surface area contributed by atoms with E-state index >= 15 is 0 Å². The number of carbonyl (C=O) groups excluding carboxylic acids is 1. The highest BCUT2D eigenvalue weighted by Crippen LogP contribution is 2.22. The Morgan fingerprint density at radius 2 is 2.06 bits per heavy atom. The first-order valence-electron chi connectivity index (χ1n) is 6.41. The lowest BCUT2D eigenvalue weighted by molar-refractivity contribution is 0.0182. The lowest BCUT2D eigenvalue weighted by Crippen LogP contribution is -2.41. The molecule has 0 aliphatic carbocycles. The first kappa shape index (κ1) is 14.6. The summed E-state index contributed by atoms with van der Waals surface area (Å²) in [5.41, 5.74) is 7.77. The molecule has 1 fully saturated rings. The van der Waals surface area contributed by atoms with E-state index in [4.69, 9.17) is 10.3 Å². The molecule has 0 aromatic heterocycles. The van der Waals surface area contributed by atoms with Crippen molar-refractivity contribution in [3.63, 3.8) is 0 Å². The summed E-state index contributed by atoms with van der Waals surface area (Å²) in [6.07, 6.45) is 2.60. The van der Waals surface area contributed by atoms with Crippen LogP contribution in [0.4, 0.5) is 4.79 Å². The van der Waals surface area contributed by atoms with E-state index in [9.17, 15) is 4.79 Å². The van der Waals surface area contributed by atoms with Crippen molar-refractivity contribution in [2.24, 2.45) is 11.0 Å². The standard InChI is InChI=1S/C12H22N4O2/c1-12(2,3)18-11(17)16-8-5-10(6-9-16)4-7-14-15-13/h10H,4-9H2,1-3H3. The fraction of sp³-hybridized carbons (Fsp3) is 0.917. The van der Waals surface area contributed by atoms with Gasteiger partial charge in [-0.3, -0.25) is 0 Å². The van der Waals surface area contributed by atoms with Gasteiger partial charge in [-0.1, -0.05) is 5.11 Å². The monoisotopic (exact) mass is 254 g/mol. The number of nitrogens with zero attached hydrogens (tertiary/aromatic N) is 4. The minimum atomic E-state index is -0.435. The third-order valence-electron chi connectivity index (χ3n) is 2.97. The van der Waals surface area contributed by atoms with Crippen LogP contribution in [0.1, 0.15) is 40.0 Å². The average Bonchev–Trinajstić information content (AvgIpc) is 2.28. The van der Waals surface area contributed by atoms with Gasteiger partial charge in [0.1, 0.15) is 5.60 Å². The summed E-state index contributed by atoms with van der Waals surface area (Å²) in [6.45, 7) is 7.63. The molecule has 0 bridgehead atoms. The van der Waals surface area contributed by atoms with Gasteiger partial charge in [-0.25, -0.2) is 4.79 Å². The van der Waals surface area contributed by atoms with Crippen molar-refractivity contribution in [2.75, 3.05) is 19.6 Å². The van der Waals surface area contributed by atoms with Crippen LogP contribution in [0.15, 0.2) is 5.11 Å². The molecule has 0 N–H and O–H groups in total. The van der Waals surface area contributed by atoms with Crippen LogP contribution >= 0.6 is 0 Å². The van der Waals surface area contributed by atoms with E-state index in [-0.39, 0.29) is 6.09 Å². The molecule has 0 atom stereocenters. The van der Waals surface area contributed by atoms with Gasteiger partial charge in [0.15, 0.2) is 0 Å². The number of hydrogen-bond acceptors (Lipinski definition) is 3. The Morgan fingerprint density at radius 1 is 1.44 bits per heavy atom. The Balaban J connectivity index is 2.30. The summed E-state index contributed by atoms with van der Waals surface area (Å²) < 4.78 is 5.33. The van der Waals surface area contributed by atoms with Crippen LogP contribution in [-0.4, -0.2) is 36.2 Å². The predicted octanol–water partition coefficient (Wildman–Crippen LogP) is 3.33. The molecule has 6 nitrogen and oxygen atoms in total. The number of amides is 1. The smallest absolute Gasteiger partial charge is 0.410 e. The van der Waals surface area contributed by atoms with Gasteiger partial charge in [-0.05, 0) is 51.5 Å². The number of ether oxygens (including phenoxy) is 1. The summed E-state index contributed by atoms with van der Waals surface area (Å²) in [6, 6.07) is 0. The fourth-order valence-corrected chi connectivity index (χ4v) is 2.02. The first-order valence-corrected chi connectivity index (χ1v) is 6.41. The molecular formula is C12H22N4O2. The van der Waals surface area contributed by atoms with Crippen molar-refractivity contribution >= 4 is 6.09 Å². The van der Waals surface area contributed by atoms with Crippen LogP contribution in [0.2, 0.25) is 0 Å². The van der Waals surface area contributed by atoms with E-state index in [1.54, 1.807) is 4.90 Å². The molecule has 6 heteroatoms. The summed E-state index contributed by atoms with van der Waals surface area (Å²) in [7, 11) is 0.